The SMILES string of the molecule is C=C(C)CCOc1cc(Cl)nc2ncnn12. The van der Waals surface area contributed by atoms with Gasteiger partial charge in [-0.3, -0.25) is 0 Å². The van der Waals surface area contributed by atoms with Gasteiger partial charge in [-0.1, -0.05) is 17.2 Å². The second kappa shape index (κ2) is 4.49. The third-order valence-corrected chi connectivity index (χ3v) is 2.16. The molecule has 2 rings (SSSR count). The van der Waals surface area contributed by atoms with E-state index in [9.17, 15) is 0 Å². The van der Waals surface area contributed by atoms with E-state index in [4.69, 9.17) is 16.3 Å². The number of fused-ring (bicyclic) bond motifs is 1. The summed E-state index contributed by atoms with van der Waals surface area (Å²) in [4.78, 5) is 7.94. The molecule has 0 spiro atoms. The number of nitrogens with zero attached hydrogens (tertiary/aromatic N) is 4. The second-order valence-corrected chi connectivity index (χ2v) is 3.83. The molecule has 0 bridgehead atoms. The highest BCUT2D eigenvalue weighted by molar-refractivity contribution is 6.29. The Morgan fingerprint density at radius 1 is 1.62 bits per heavy atom. The summed E-state index contributed by atoms with van der Waals surface area (Å²) in [6, 6.07) is 1.61. The highest BCUT2D eigenvalue weighted by Gasteiger charge is 2.06. The van der Waals surface area contributed by atoms with Crippen molar-refractivity contribution in [1.29, 1.82) is 0 Å². The fraction of sp³-hybridized carbons (Fsp3) is 0.300. The number of ether oxygens (including phenoxy) is 1. The molecule has 6 heteroatoms. The lowest BCUT2D eigenvalue weighted by molar-refractivity contribution is 0.300. The lowest BCUT2D eigenvalue weighted by atomic mass is 10.3. The van der Waals surface area contributed by atoms with Crippen LogP contribution in [0.25, 0.3) is 5.78 Å². The smallest absolute Gasteiger partial charge is 0.256 e. The number of halogens is 1. The van der Waals surface area contributed by atoms with E-state index in [0.29, 0.717) is 23.4 Å². The molecule has 0 fully saturated rings. The van der Waals surface area contributed by atoms with Crippen molar-refractivity contribution in [1.82, 2.24) is 19.6 Å². The van der Waals surface area contributed by atoms with Crippen LogP contribution in [-0.2, 0) is 0 Å². The van der Waals surface area contributed by atoms with Gasteiger partial charge < -0.3 is 4.74 Å². The summed E-state index contributed by atoms with van der Waals surface area (Å²) in [6.07, 6.45) is 2.19. The van der Waals surface area contributed by atoms with Crippen LogP contribution in [0.2, 0.25) is 5.15 Å². The molecular weight excluding hydrogens is 228 g/mol. The van der Waals surface area contributed by atoms with Gasteiger partial charge in [0.2, 0.25) is 5.88 Å². The molecule has 2 heterocycles. The van der Waals surface area contributed by atoms with Crippen LogP contribution in [0.15, 0.2) is 24.5 Å². The topological polar surface area (TPSA) is 52.3 Å². The van der Waals surface area contributed by atoms with E-state index in [1.54, 1.807) is 6.07 Å². The lowest BCUT2D eigenvalue weighted by Crippen LogP contribution is -2.04. The molecule has 0 N–H and O–H groups in total. The standard InChI is InChI=1S/C10H11ClN4O/c1-7(2)3-4-16-9-5-8(11)14-10-12-6-13-15(9)10/h5-6H,1,3-4H2,2H3. The van der Waals surface area contributed by atoms with Crippen molar-refractivity contribution in [3.8, 4) is 5.88 Å². The van der Waals surface area contributed by atoms with Gasteiger partial charge in [0.05, 0.1) is 6.61 Å². The predicted molar refractivity (Wildman–Crippen MR) is 60.7 cm³/mol. The molecular formula is C10H11ClN4O. The van der Waals surface area contributed by atoms with Gasteiger partial charge >= 0.3 is 0 Å². The van der Waals surface area contributed by atoms with E-state index in [1.165, 1.54) is 10.8 Å². The lowest BCUT2D eigenvalue weighted by Gasteiger charge is -2.07. The molecule has 16 heavy (non-hydrogen) atoms. The molecule has 0 aromatic carbocycles. The van der Waals surface area contributed by atoms with Crippen molar-refractivity contribution in [2.24, 2.45) is 0 Å². The Balaban J connectivity index is 2.22. The molecule has 0 aliphatic heterocycles. The van der Waals surface area contributed by atoms with Crippen LogP contribution in [0.3, 0.4) is 0 Å². The molecule has 0 saturated carbocycles. The van der Waals surface area contributed by atoms with Crippen molar-refractivity contribution < 1.29 is 4.74 Å². The van der Waals surface area contributed by atoms with Crippen molar-refractivity contribution >= 4 is 17.4 Å². The van der Waals surface area contributed by atoms with Gasteiger partial charge in [0.1, 0.15) is 11.5 Å². The Morgan fingerprint density at radius 2 is 2.44 bits per heavy atom. The minimum absolute atomic E-state index is 0.339. The van der Waals surface area contributed by atoms with Crippen molar-refractivity contribution in [3.05, 3.63) is 29.7 Å². The summed E-state index contributed by atoms with van der Waals surface area (Å²) in [5.74, 6) is 0.964. The van der Waals surface area contributed by atoms with Crippen LogP contribution in [0.4, 0.5) is 0 Å². The highest BCUT2D eigenvalue weighted by atomic mass is 35.5. The minimum Gasteiger partial charge on any atom is -0.477 e. The minimum atomic E-state index is 0.339. The Bertz CT molecular complexity index is 523. The summed E-state index contributed by atoms with van der Waals surface area (Å²) in [5, 5.41) is 4.33. The summed E-state index contributed by atoms with van der Waals surface area (Å²) in [5.41, 5.74) is 1.06. The zero-order valence-electron chi connectivity index (χ0n) is 8.85. The average Bonchev–Trinajstić information content (AvgIpc) is 2.64. The molecule has 0 saturated heterocycles. The van der Waals surface area contributed by atoms with Crippen LogP contribution in [-0.4, -0.2) is 26.2 Å². The van der Waals surface area contributed by atoms with Gasteiger partial charge in [0, 0.05) is 12.5 Å². The first kappa shape index (κ1) is 10.9. The second-order valence-electron chi connectivity index (χ2n) is 3.44. The average molecular weight is 239 g/mol. The third kappa shape index (κ3) is 2.30. The molecule has 0 aliphatic carbocycles. The summed E-state index contributed by atoms with van der Waals surface area (Å²) >= 11 is 5.83. The number of aromatic nitrogens is 4. The summed E-state index contributed by atoms with van der Waals surface area (Å²) in [7, 11) is 0. The molecule has 0 aliphatic rings. The van der Waals surface area contributed by atoms with Gasteiger partial charge in [-0.05, 0) is 6.92 Å². The fourth-order valence-electron chi connectivity index (χ4n) is 1.19. The molecule has 0 amide bonds. The third-order valence-electron chi connectivity index (χ3n) is 1.97. The van der Waals surface area contributed by atoms with Crippen LogP contribution in [0, 0.1) is 0 Å². The number of hydrogen-bond donors (Lipinski definition) is 0. The van der Waals surface area contributed by atoms with Gasteiger partial charge in [0.25, 0.3) is 5.78 Å². The maximum absolute atomic E-state index is 5.83. The van der Waals surface area contributed by atoms with Crippen molar-refractivity contribution in [2.75, 3.05) is 6.61 Å². The predicted octanol–water partition coefficient (Wildman–Crippen LogP) is 2.12. The van der Waals surface area contributed by atoms with Gasteiger partial charge in [-0.2, -0.15) is 19.6 Å². The molecule has 5 nitrogen and oxygen atoms in total. The Kier molecular flexibility index (Phi) is 3.05. The van der Waals surface area contributed by atoms with Crippen molar-refractivity contribution in [2.45, 2.75) is 13.3 Å². The number of hydrogen-bond acceptors (Lipinski definition) is 4. The van der Waals surface area contributed by atoms with Crippen molar-refractivity contribution in [3.63, 3.8) is 0 Å². The Hall–Kier alpha value is -1.62. The highest BCUT2D eigenvalue weighted by Crippen LogP contribution is 2.16. The molecule has 0 radical (unpaired) electrons. The zero-order chi connectivity index (χ0) is 11.5. The van der Waals surface area contributed by atoms with Crippen LogP contribution < -0.4 is 4.74 Å². The number of rotatable bonds is 4. The normalized spacial score (nSPS) is 10.6. The summed E-state index contributed by atoms with van der Waals surface area (Å²) in [6.45, 7) is 6.29. The van der Waals surface area contributed by atoms with Crippen LogP contribution in [0.5, 0.6) is 5.88 Å². The first-order chi connectivity index (χ1) is 7.66. The fourth-order valence-corrected chi connectivity index (χ4v) is 1.36. The van der Waals surface area contributed by atoms with E-state index in [0.717, 1.165) is 12.0 Å². The van der Waals surface area contributed by atoms with Gasteiger partial charge in [-0.15, -0.1) is 6.58 Å². The van der Waals surface area contributed by atoms with Gasteiger partial charge in [0.15, 0.2) is 0 Å². The molecule has 2 aromatic rings. The Labute approximate surface area is 97.7 Å². The van der Waals surface area contributed by atoms with E-state index >= 15 is 0 Å². The zero-order valence-corrected chi connectivity index (χ0v) is 9.61. The molecule has 2 aromatic heterocycles. The van der Waals surface area contributed by atoms with E-state index < -0.39 is 0 Å². The Morgan fingerprint density at radius 3 is 3.19 bits per heavy atom. The maximum Gasteiger partial charge on any atom is 0.256 e. The molecule has 0 unspecified atom stereocenters. The maximum atomic E-state index is 5.83. The van der Waals surface area contributed by atoms with E-state index in [1.807, 2.05) is 6.92 Å². The van der Waals surface area contributed by atoms with Gasteiger partial charge in [-0.25, -0.2) is 0 Å². The monoisotopic (exact) mass is 238 g/mol. The first-order valence-electron chi connectivity index (χ1n) is 4.80. The first-order valence-corrected chi connectivity index (χ1v) is 5.18. The summed E-state index contributed by atoms with van der Waals surface area (Å²) < 4.78 is 7.05. The largest absolute Gasteiger partial charge is 0.477 e. The van der Waals surface area contributed by atoms with Crippen LogP contribution in [0.1, 0.15) is 13.3 Å². The molecule has 84 valence electrons. The van der Waals surface area contributed by atoms with Crippen LogP contribution >= 0.6 is 11.6 Å². The quantitative estimate of drug-likeness (QED) is 0.605. The van der Waals surface area contributed by atoms with E-state index in [-0.39, 0.29) is 0 Å². The molecule has 0 atom stereocenters. The van der Waals surface area contributed by atoms with E-state index in [2.05, 4.69) is 21.6 Å².